The molecule has 4 heteroatoms. The molecular weight excluding hydrogens is 188 g/mol. The number of aromatic nitrogens is 3. The molecule has 3 heterocycles. The fourth-order valence-corrected chi connectivity index (χ4v) is 1.83. The Morgan fingerprint density at radius 1 is 1.27 bits per heavy atom. The molecule has 0 radical (unpaired) electrons. The van der Waals surface area contributed by atoms with E-state index in [0.29, 0.717) is 0 Å². The van der Waals surface area contributed by atoms with E-state index in [9.17, 15) is 0 Å². The van der Waals surface area contributed by atoms with Crippen LogP contribution in [0.25, 0.3) is 11.4 Å². The summed E-state index contributed by atoms with van der Waals surface area (Å²) in [5, 5.41) is 7.86. The van der Waals surface area contributed by atoms with E-state index in [0.717, 1.165) is 31.0 Å². The Kier molecular flexibility index (Phi) is 1.99. The molecule has 2 aromatic rings. The third-order valence-electron chi connectivity index (χ3n) is 2.60. The van der Waals surface area contributed by atoms with E-state index in [4.69, 9.17) is 0 Å². The summed E-state index contributed by atoms with van der Waals surface area (Å²) in [7, 11) is 0. The highest BCUT2D eigenvalue weighted by Crippen LogP contribution is 2.17. The quantitative estimate of drug-likeness (QED) is 0.748. The summed E-state index contributed by atoms with van der Waals surface area (Å²) in [6.45, 7) is 2.85. The van der Waals surface area contributed by atoms with Crippen LogP contribution in [0.15, 0.2) is 30.5 Å². The number of rotatable bonds is 1. The average molecular weight is 200 g/mol. The van der Waals surface area contributed by atoms with Crippen molar-refractivity contribution >= 4 is 0 Å². The Morgan fingerprint density at radius 2 is 2.27 bits per heavy atom. The molecule has 0 spiro atoms. The molecule has 1 N–H and O–H groups in total. The molecule has 1 aliphatic heterocycles. The Balaban J connectivity index is 2.03. The minimum absolute atomic E-state index is 0.903. The molecule has 0 unspecified atom stereocenters. The maximum atomic E-state index is 4.54. The molecule has 4 nitrogen and oxygen atoms in total. The lowest BCUT2D eigenvalue weighted by atomic mass is 10.2. The summed E-state index contributed by atoms with van der Waals surface area (Å²) >= 11 is 0. The van der Waals surface area contributed by atoms with Crippen LogP contribution in [0, 0.1) is 0 Å². The highest BCUT2D eigenvalue weighted by molar-refractivity contribution is 5.54. The van der Waals surface area contributed by atoms with E-state index < -0.39 is 0 Å². The van der Waals surface area contributed by atoms with Crippen molar-refractivity contribution in [2.45, 2.75) is 13.1 Å². The van der Waals surface area contributed by atoms with Gasteiger partial charge in [-0.25, -0.2) is 0 Å². The van der Waals surface area contributed by atoms with Crippen molar-refractivity contribution in [1.29, 1.82) is 0 Å². The summed E-state index contributed by atoms with van der Waals surface area (Å²) in [6.07, 6.45) is 1.80. The van der Waals surface area contributed by atoms with Gasteiger partial charge < -0.3 is 5.32 Å². The Hall–Kier alpha value is -1.68. The molecule has 2 aromatic heterocycles. The van der Waals surface area contributed by atoms with Crippen LogP contribution in [-0.2, 0) is 13.1 Å². The molecule has 0 amide bonds. The molecule has 0 aliphatic carbocycles. The summed E-state index contributed by atoms with van der Waals surface area (Å²) in [4.78, 5) is 4.30. The maximum Gasteiger partial charge on any atom is 0.111 e. The van der Waals surface area contributed by atoms with Gasteiger partial charge in [0.2, 0.25) is 0 Å². The van der Waals surface area contributed by atoms with E-state index in [1.807, 2.05) is 18.2 Å². The van der Waals surface area contributed by atoms with Gasteiger partial charge in [-0.05, 0) is 18.2 Å². The van der Waals surface area contributed by atoms with Crippen LogP contribution in [0.3, 0.4) is 0 Å². The first kappa shape index (κ1) is 8.61. The zero-order chi connectivity index (χ0) is 10.1. The Labute approximate surface area is 88.0 Å². The summed E-state index contributed by atoms with van der Waals surface area (Å²) < 4.78 is 2.06. The molecular formula is C11H12N4. The first-order valence-electron chi connectivity index (χ1n) is 5.12. The third kappa shape index (κ3) is 1.53. The van der Waals surface area contributed by atoms with Crippen molar-refractivity contribution in [2.24, 2.45) is 0 Å². The molecule has 76 valence electrons. The zero-order valence-electron chi connectivity index (χ0n) is 8.35. The van der Waals surface area contributed by atoms with Gasteiger partial charge in [0.15, 0.2) is 0 Å². The van der Waals surface area contributed by atoms with E-state index in [2.05, 4.69) is 26.1 Å². The van der Waals surface area contributed by atoms with Crippen LogP contribution < -0.4 is 5.32 Å². The van der Waals surface area contributed by atoms with Crippen LogP contribution in [0.4, 0.5) is 0 Å². The first-order valence-corrected chi connectivity index (χ1v) is 5.12. The average Bonchev–Trinajstić information content (AvgIpc) is 2.74. The normalized spacial score (nSPS) is 14.9. The van der Waals surface area contributed by atoms with Gasteiger partial charge >= 0.3 is 0 Å². The van der Waals surface area contributed by atoms with Gasteiger partial charge in [0.1, 0.15) is 5.69 Å². The lowest BCUT2D eigenvalue weighted by molar-refractivity contribution is 0.476. The summed E-state index contributed by atoms with van der Waals surface area (Å²) in [5.41, 5.74) is 3.15. The van der Waals surface area contributed by atoms with Crippen molar-refractivity contribution in [3.8, 4) is 11.4 Å². The van der Waals surface area contributed by atoms with Gasteiger partial charge in [-0.15, -0.1) is 0 Å². The lowest BCUT2D eigenvalue weighted by Gasteiger charge is -2.13. The predicted molar refractivity (Wildman–Crippen MR) is 57.2 cm³/mol. The molecule has 0 saturated heterocycles. The number of nitrogens with zero attached hydrogens (tertiary/aromatic N) is 3. The van der Waals surface area contributed by atoms with Gasteiger partial charge in [-0.2, -0.15) is 5.10 Å². The number of fused-ring (bicyclic) bond motifs is 1. The molecule has 15 heavy (non-hydrogen) atoms. The van der Waals surface area contributed by atoms with Crippen molar-refractivity contribution in [3.63, 3.8) is 0 Å². The monoisotopic (exact) mass is 200 g/mol. The second-order valence-electron chi connectivity index (χ2n) is 3.64. The molecule has 0 saturated carbocycles. The molecule has 0 atom stereocenters. The summed E-state index contributed by atoms with van der Waals surface area (Å²) in [5.74, 6) is 0. The van der Waals surface area contributed by atoms with Crippen molar-refractivity contribution < 1.29 is 0 Å². The van der Waals surface area contributed by atoms with E-state index >= 15 is 0 Å². The Bertz CT molecular complexity index is 437. The minimum atomic E-state index is 0.903. The van der Waals surface area contributed by atoms with E-state index in [1.54, 1.807) is 6.20 Å². The number of pyridine rings is 1. The molecule has 0 bridgehead atoms. The largest absolute Gasteiger partial charge is 0.309 e. The van der Waals surface area contributed by atoms with Crippen LogP contribution in [0.1, 0.15) is 5.69 Å². The minimum Gasteiger partial charge on any atom is -0.309 e. The number of hydrogen-bond donors (Lipinski definition) is 1. The number of nitrogens with one attached hydrogen (secondary N) is 1. The second kappa shape index (κ2) is 3.47. The maximum absolute atomic E-state index is 4.54. The Morgan fingerprint density at radius 3 is 3.07 bits per heavy atom. The second-order valence-corrected chi connectivity index (χ2v) is 3.64. The van der Waals surface area contributed by atoms with Crippen molar-refractivity contribution in [2.75, 3.05) is 6.54 Å². The van der Waals surface area contributed by atoms with Crippen LogP contribution >= 0.6 is 0 Å². The summed E-state index contributed by atoms with van der Waals surface area (Å²) in [6, 6.07) is 8.00. The zero-order valence-corrected chi connectivity index (χ0v) is 8.35. The lowest BCUT2D eigenvalue weighted by Crippen LogP contribution is -2.28. The third-order valence-corrected chi connectivity index (χ3v) is 2.60. The highest BCUT2D eigenvalue weighted by Gasteiger charge is 2.12. The predicted octanol–water partition coefficient (Wildman–Crippen LogP) is 1.05. The highest BCUT2D eigenvalue weighted by atomic mass is 15.3. The first-order chi connectivity index (χ1) is 7.43. The van der Waals surface area contributed by atoms with Crippen LogP contribution in [0.2, 0.25) is 0 Å². The van der Waals surface area contributed by atoms with Gasteiger partial charge in [-0.1, -0.05) is 6.07 Å². The molecule has 3 rings (SSSR count). The van der Waals surface area contributed by atoms with Gasteiger partial charge in [0, 0.05) is 19.3 Å². The van der Waals surface area contributed by atoms with Gasteiger partial charge in [0.05, 0.1) is 17.9 Å². The molecule has 0 fully saturated rings. The SMILES string of the molecule is c1ccc(-c2cc3n(n2)CCNC3)nc1. The van der Waals surface area contributed by atoms with Crippen molar-refractivity contribution in [3.05, 3.63) is 36.2 Å². The topological polar surface area (TPSA) is 42.7 Å². The van der Waals surface area contributed by atoms with Crippen LogP contribution in [-0.4, -0.2) is 21.3 Å². The van der Waals surface area contributed by atoms with Gasteiger partial charge in [-0.3, -0.25) is 9.67 Å². The number of hydrogen-bond acceptors (Lipinski definition) is 3. The fourth-order valence-electron chi connectivity index (χ4n) is 1.83. The van der Waals surface area contributed by atoms with E-state index in [-0.39, 0.29) is 0 Å². The van der Waals surface area contributed by atoms with Crippen LogP contribution in [0.5, 0.6) is 0 Å². The van der Waals surface area contributed by atoms with E-state index in [1.165, 1.54) is 5.69 Å². The smallest absolute Gasteiger partial charge is 0.111 e. The standard InChI is InChI=1S/C11H12N4/c1-2-4-13-10(3-1)11-7-9-8-12-5-6-15(9)14-11/h1-4,7,12H,5-6,8H2. The fraction of sp³-hybridized carbons (Fsp3) is 0.273. The van der Waals surface area contributed by atoms with Crippen molar-refractivity contribution in [1.82, 2.24) is 20.1 Å². The van der Waals surface area contributed by atoms with Gasteiger partial charge in [0.25, 0.3) is 0 Å². The molecule has 0 aromatic carbocycles. The molecule has 1 aliphatic rings.